The van der Waals surface area contributed by atoms with Gasteiger partial charge >= 0.3 is 11.9 Å². The maximum Gasteiger partial charge on any atom is 0.303 e. The van der Waals surface area contributed by atoms with Gasteiger partial charge in [0.25, 0.3) is 0 Å². The van der Waals surface area contributed by atoms with Gasteiger partial charge in [-0.05, 0) is 44.9 Å². The molecule has 0 saturated carbocycles. The minimum absolute atomic E-state index is 0.276. The van der Waals surface area contributed by atoms with Gasteiger partial charge in [-0.3, -0.25) is 14.4 Å². The lowest BCUT2D eigenvalue weighted by Crippen LogP contribution is -1.97. The number of ketones is 1. The Morgan fingerprint density at radius 2 is 0.909 bits per heavy atom. The van der Waals surface area contributed by atoms with Crippen molar-refractivity contribution in [1.82, 2.24) is 0 Å². The fourth-order valence-electron chi connectivity index (χ4n) is 4.04. The fraction of sp³-hybridized carbons (Fsp3) is 0.821. The molecule has 0 aromatic heterocycles. The predicted molar refractivity (Wildman–Crippen MR) is 136 cm³/mol. The molecule has 192 valence electrons. The van der Waals surface area contributed by atoms with Crippen molar-refractivity contribution >= 4 is 17.7 Å². The topological polar surface area (TPSA) is 91.7 Å². The van der Waals surface area contributed by atoms with Crippen LogP contribution in [-0.4, -0.2) is 27.9 Å². The summed E-state index contributed by atoms with van der Waals surface area (Å²) in [5.74, 6) is -0.951. The van der Waals surface area contributed by atoms with Gasteiger partial charge < -0.3 is 10.2 Å². The third-order valence-corrected chi connectivity index (χ3v) is 6.10. The molecule has 0 atom stereocenters. The van der Waals surface area contributed by atoms with E-state index in [2.05, 4.69) is 12.2 Å². The van der Waals surface area contributed by atoms with Gasteiger partial charge in [0.05, 0.1) is 0 Å². The van der Waals surface area contributed by atoms with Crippen LogP contribution < -0.4 is 0 Å². The summed E-state index contributed by atoms with van der Waals surface area (Å²) in [5, 5.41) is 16.8. The Morgan fingerprint density at radius 3 is 1.39 bits per heavy atom. The van der Waals surface area contributed by atoms with Gasteiger partial charge in [-0.15, -0.1) is 0 Å². The molecule has 1 aliphatic rings. The van der Waals surface area contributed by atoms with Crippen molar-refractivity contribution in [3.63, 3.8) is 0 Å². The first-order chi connectivity index (χ1) is 16.0. The van der Waals surface area contributed by atoms with Gasteiger partial charge in [-0.25, -0.2) is 0 Å². The van der Waals surface area contributed by atoms with E-state index in [9.17, 15) is 14.4 Å². The van der Waals surface area contributed by atoms with Crippen molar-refractivity contribution in [2.45, 2.75) is 148 Å². The maximum absolute atomic E-state index is 11.6. The average Bonchev–Trinajstić information content (AvgIpc) is 2.77. The predicted octanol–water partition coefficient (Wildman–Crippen LogP) is 8.25. The van der Waals surface area contributed by atoms with Gasteiger partial charge in [0.15, 0.2) is 0 Å². The van der Waals surface area contributed by atoms with E-state index >= 15 is 0 Å². The Bertz CT molecular complexity index is 490. The van der Waals surface area contributed by atoms with E-state index in [-0.39, 0.29) is 12.8 Å². The Labute approximate surface area is 202 Å². The molecule has 0 saturated heterocycles. The van der Waals surface area contributed by atoms with Gasteiger partial charge in [0, 0.05) is 25.7 Å². The number of unbranched alkanes of at least 4 members (excludes halogenated alkanes) is 7. The summed E-state index contributed by atoms with van der Waals surface area (Å²) < 4.78 is 0. The van der Waals surface area contributed by atoms with Crippen LogP contribution >= 0.6 is 0 Å². The number of aliphatic carboxylic acids is 2. The standard InChI is InChI=1S/C16H28O.C12H22O4/c17-16-14-12-10-8-6-4-2-1-3-5-7-9-11-13-15-16;13-11(14)9-7-5-3-1-2-4-6-8-10-12(15)16/h6,8H,1-5,7,9-15H2;1-10H2,(H,13,14)(H,15,16)/b8-6+;. The number of carboxylic acids is 2. The van der Waals surface area contributed by atoms with Crippen molar-refractivity contribution in [3.8, 4) is 0 Å². The van der Waals surface area contributed by atoms with Crippen molar-refractivity contribution in [3.05, 3.63) is 12.2 Å². The van der Waals surface area contributed by atoms with Crippen LogP contribution in [0.5, 0.6) is 0 Å². The molecule has 0 aliphatic heterocycles. The van der Waals surface area contributed by atoms with Crippen LogP contribution in [0.25, 0.3) is 0 Å². The molecule has 0 aromatic carbocycles. The number of Topliss-reactive ketones (excluding diaryl/α,β-unsaturated/α-hetero) is 1. The second-order valence-electron chi connectivity index (χ2n) is 9.39. The highest BCUT2D eigenvalue weighted by atomic mass is 16.4. The van der Waals surface area contributed by atoms with Crippen LogP contribution in [0.1, 0.15) is 148 Å². The normalized spacial score (nSPS) is 17.5. The highest BCUT2D eigenvalue weighted by Gasteiger charge is 2.01. The molecule has 0 unspecified atom stereocenters. The molecule has 2 N–H and O–H groups in total. The van der Waals surface area contributed by atoms with E-state index in [4.69, 9.17) is 10.2 Å². The molecule has 5 nitrogen and oxygen atoms in total. The van der Waals surface area contributed by atoms with Crippen LogP contribution in [0.2, 0.25) is 0 Å². The summed E-state index contributed by atoms with van der Waals surface area (Å²) in [6, 6.07) is 0. The first-order valence-corrected chi connectivity index (χ1v) is 13.6. The first kappa shape index (κ1) is 31.4. The van der Waals surface area contributed by atoms with Crippen LogP contribution in [0.4, 0.5) is 0 Å². The van der Waals surface area contributed by atoms with Crippen molar-refractivity contribution in [2.24, 2.45) is 0 Å². The molecule has 0 radical (unpaired) electrons. The number of carbonyl (C=O) groups excluding carboxylic acids is 1. The second kappa shape index (κ2) is 25.0. The Kier molecular flexibility index (Phi) is 23.7. The number of hydrogen-bond donors (Lipinski definition) is 2. The van der Waals surface area contributed by atoms with Crippen molar-refractivity contribution in [2.75, 3.05) is 0 Å². The lowest BCUT2D eigenvalue weighted by atomic mass is 10.0. The zero-order valence-electron chi connectivity index (χ0n) is 21.0. The minimum Gasteiger partial charge on any atom is -0.481 e. The number of carboxylic acid groups (broad SMARTS) is 2. The molecule has 0 amide bonds. The van der Waals surface area contributed by atoms with Crippen molar-refractivity contribution in [1.29, 1.82) is 0 Å². The van der Waals surface area contributed by atoms with Crippen LogP contribution in [0.15, 0.2) is 12.2 Å². The molecule has 0 fully saturated rings. The number of hydrogen-bond acceptors (Lipinski definition) is 3. The summed E-state index contributed by atoms with van der Waals surface area (Å²) in [7, 11) is 0. The fourth-order valence-corrected chi connectivity index (χ4v) is 4.04. The summed E-state index contributed by atoms with van der Waals surface area (Å²) in [4.78, 5) is 32.0. The Morgan fingerprint density at radius 1 is 0.545 bits per heavy atom. The SMILES string of the molecule is O=C(O)CCCCCCCCCCC(=O)O.O=C1CCC/C=C/CCCCCCCCCC1. The molecule has 1 rings (SSSR count). The maximum atomic E-state index is 11.6. The molecule has 5 heteroatoms. The zero-order valence-corrected chi connectivity index (χ0v) is 21.0. The van der Waals surface area contributed by atoms with E-state index in [1.165, 1.54) is 51.4 Å². The van der Waals surface area contributed by atoms with E-state index in [1.54, 1.807) is 0 Å². The van der Waals surface area contributed by atoms with Crippen LogP contribution in [0.3, 0.4) is 0 Å². The molecule has 0 bridgehead atoms. The molecule has 0 spiro atoms. The third-order valence-electron chi connectivity index (χ3n) is 6.10. The zero-order chi connectivity index (χ0) is 24.4. The summed E-state index contributed by atoms with van der Waals surface area (Å²) in [5.41, 5.74) is 0. The largest absolute Gasteiger partial charge is 0.481 e. The highest BCUT2D eigenvalue weighted by molar-refractivity contribution is 5.78. The molecule has 1 aliphatic carbocycles. The van der Waals surface area contributed by atoms with Gasteiger partial charge in [0.1, 0.15) is 5.78 Å². The number of rotatable bonds is 11. The second-order valence-corrected chi connectivity index (χ2v) is 9.39. The smallest absolute Gasteiger partial charge is 0.303 e. The van der Waals surface area contributed by atoms with Gasteiger partial charge in [0.2, 0.25) is 0 Å². The van der Waals surface area contributed by atoms with Crippen molar-refractivity contribution < 1.29 is 24.6 Å². The third kappa shape index (κ3) is 28.3. The van der Waals surface area contributed by atoms with E-state index in [0.717, 1.165) is 83.5 Å². The van der Waals surface area contributed by atoms with E-state index in [1.807, 2.05) is 0 Å². The minimum atomic E-state index is -0.714. The highest BCUT2D eigenvalue weighted by Crippen LogP contribution is 2.13. The number of allylic oxidation sites excluding steroid dienone is 2. The molecular weight excluding hydrogens is 416 g/mol. The van der Waals surface area contributed by atoms with Gasteiger partial charge in [-0.1, -0.05) is 89.2 Å². The average molecular weight is 467 g/mol. The first-order valence-electron chi connectivity index (χ1n) is 13.6. The van der Waals surface area contributed by atoms with Gasteiger partial charge in [-0.2, -0.15) is 0 Å². The summed E-state index contributed by atoms with van der Waals surface area (Å²) in [6.45, 7) is 0. The van der Waals surface area contributed by atoms with E-state index in [0.29, 0.717) is 5.78 Å². The van der Waals surface area contributed by atoms with Crippen LogP contribution in [0, 0.1) is 0 Å². The number of carbonyl (C=O) groups is 3. The monoisotopic (exact) mass is 466 g/mol. The van der Waals surface area contributed by atoms with E-state index < -0.39 is 11.9 Å². The van der Waals surface area contributed by atoms with Crippen LogP contribution in [-0.2, 0) is 14.4 Å². The molecule has 0 aromatic rings. The summed E-state index contributed by atoms with van der Waals surface area (Å²) >= 11 is 0. The molecule has 0 heterocycles. The quantitative estimate of drug-likeness (QED) is 0.236. The molecule has 33 heavy (non-hydrogen) atoms. The lowest BCUT2D eigenvalue weighted by molar-refractivity contribution is -0.138. The molecular formula is C28H50O5. The Hall–Kier alpha value is -1.65. The Balaban J connectivity index is 0.000000622. The summed E-state index contributed by atoms with van der Waals surface area (Å²) in [6.07, 6.45) is 28.7. The lowest BCUT2D eigenvalue weighted by Gasteiger charge is -2.03.